The maximum Gasteiger partial charge on any atom is 0.289 e. The number of hydrogen-bond acceptors (Lipinski definition) is 2. The smallest absolute Gasteiger partial charge is 0.289 e. The van der Waals surface area contributed by atoms with E-state index in [1.807, 2.05) is 0 Å². The van der Waals surface area contributed by atoms with E-state index in [4.69, 9.17) is 10.8 Å². The Bertz CT molecular complexity index is 501. The average molecular weight is 263 g/mol. The number of fused-ring (bicyclic) bond motifs is 1. The van der Waals surface area contributed by atoms with Gasteiger partial charge in [0.2, 0.25) is 0 Å². The summed E-state index contributed by atoms with van der Waals surface area (Å²) in [4.78, 5) is 2.96. The molecule has 1 atom stereocenters. The Balaban J connectivity index is 0.00000144. The number of H-pyrrole nitrogens is 1. The summed E-state index contributed by atoms with van der Waals surface area (Å²) >= 11 is 0. The zero-order chi connectivity index (χ0) is 11.8. The summed E-state index contributed by atoms with van der Waals surface area (Å²) in [6, 6.07) is 5.12. The van der Waals surface area contributed by atoms with E-state index in [0.29, 0.717) is 5.56 Å². The van der Waals surface area contributed by atoms with Crippen molar-refractivity contribution in [1.82, 2.24) is 4.98 Å². The molecule has 0 aliphatic rings. The minimum absolute atomic E-state index is 0. The van der Waals surface area contributed by atoms with Crippen LogP contribution < -0.4 is 5.73 Å². The number of aromatic nitrogens is 1. The first-order chi connectivity index (χ1) is 7.54. The van der Waals surface area contributed by atoms with Crippen molar-refractivity contribution in [2.75, 3.05) is 6.61 Å². The van der Waals surface area contributed by atoms with Gasteiger partial charge in [-0.05, 0) is 29.1 Å². The van der Waals surface area contributed by atoms with E-state index in [9.17, 15) is 8.78 Å². The third-order valence-corrected chi connectivity index (χ3v) is 2.60. The molecule has 0 spiro atoms. The topological polar surface area (TPSA) is 62.0 Å². The molecule has 0 unspecified atom stereocenters. The van der Waals surface area contributed by atoms with Crippen LogP contribution in [0.2, 0.25) is 0 Å². The third-order valence-electron chi connectivity index (χ3n) is 2.60. The lowest BCUT2D eigenvalue weighted by Crippen LogP contribution is -2.36. The van der Waals surface area contributed by atoms with Gasteiger partial charge in [0, 0.05) is 11.7 Å². The van der Waals surface area contributed by atoms with E-state index in [1.54, 1.807) is 24.4 Å². The molecule has 0 saturated carbocycles. The van der Waals surface area contributed by atoms with Gasteiger partial charge >= 0.3 is 0 Å². The standard InChI is InChI=1S/C11H12F2N2O.ClH/c12-11(13,6-16)10(14)8-1-2-9-7(5-8)3-4-15-9;/h1-5,10,15-16H,6,14H2;1H/t10-;/m0./s1. The zero-order valence-corrected chi connectivity index (χ0v) is 9.68. The molecule has 2 rings (SSSR count). The number of rotatable bonds is 3. The van der Waals surface area contributed by atoms with Gasteiger partial charge < -0.3 is 15.8 Å². The SMILES string of the molecule is Cl.N[C@@H](c1ccc2[nH]ccc2c1)C(F)(F)CO. The summed E-state index contributed by atoms with van der Waals surface area (Å²) in [5, 5.41) is 9.38. The minimum atomic E-state index is -3.30. The normalized spacial score (nSPS) is 13.4. The molecule has 3 nitrogen and oxygen atoms in total. The van der Waals surface area contributed by atoms with Crippen molar-refractivity contribution < 1.29 is 13.9 Å². The molecule has 1 aromatic carbocycles. The number of aliphatic hydroxyl groups is 1. The van der Waals surface area contributed by atoms with Crippen LogP contribution in [0.1, 0.15) is 11.6 Å². The molecular weight excluding hydrogens is 250 g/mol. The van der Waals surface area contributed by atoms with Crippen LogP contribution in [0.5, 0.6) is 0 Å². The average Bonchev–Trinajstić information content (AvgIpc) is 2.74. The molecule has 1 heterocycles. The van der Waals surface area contributed by atoms with Gasteiger partial charge in [-0.3, -0.25) is 0 Å². The number of hydrogen-bond donors (Lipinski definition) is 3. The maximum atomic E-state index is 13.2. The monoisotopic (exact) mass is 262 g/mol. The van der Waals surface area contributed by atoms with E-state index < -0.39 is 18.6 Å². The van der Waals surface area contributed by atoms with E-state index in [2.05, 4.69) is 4.98 Å². The van der Waals surface area contributed by atoms with Gasteiger partial charge in [0.05, 0.1) is 6.04 Å². The van der Waals surface area contributed by atoms with Gasteiger partial charge in [-0.25, -0.2) is 8.78 Å². The molecule has 0 amide bonds. The highest BCUT2D eigenvalue weighted by molar-refractivity contribution is 5.85. The van der Waals surface area contributed by atoms with Crippen LogP contribution in [0.25, 0.3) is 10.9 Å². The quantitative estimate of drug-likeness (QED) is 0.794. The Kier molecular flexibility index (Phi) is 4.08. The Morgan fingerprint density at radius 3 is 2.71 bits per heavy atom. The number of aromatic amines is 1. The number of nitrogens with two attached hydrogens (primary N) is 1. The number of alkyl halides is 2. The minimum Gasteiger partial charge on any atom is -0.390 e. The fourth-order valence-corrected chi connectivity index (χ4v) is 1.61. The van der Waals surface area contributed by atoms with Crippen molar-refractivity contribution in [2.45, 2.75) is 12.0 Å². The molecule has 4 N–H and O–H groups in total. The summed E-state index contributed by atoms with van der Waals surface area (Å²) in [5.41, 5.74) is 6.60. The van der Waals surface area contributed by atoms with Crippen LogP contribution in [0.4, 0.5) is 8.78 Å². The molecule has 0 fully saturated rings. The first kappa shape index (κ1) is 13.9. The van der Waals surface area contributed by atoms with Gasteiger partial charge in [0.1, 0.15) is 6.61 Å². The van der Waals surface area contributed by atoms with Crippen molar-refractivity contribution >= 4 is 23.3 Å². The van der Waals surface area contributed by atoms with E-state index in [0.717, 1.165) is 10.9 Å². The van der Waals surface area contributed by atoms with Crippen LogP contribution in [0.15, 0.2) is 30.5 Å². The highest BCUT2D eigenvalue weighted by atomic mass is 35.5. The summed E-state index contributed by atoms with van der Waals surface area (Å²) in [6.45, 7) is -1.25. The summed E-state index contributed by atoms with van der Waals surface area (Å²) in [5.74, 6) is -3.30. The number of benzene rings is 1. The molecule has 17 heavy (non-hydrogen) atoms. The predicted molar refractivity (Wildman–Crippen MR) is 64.5 cm³/mol. The lowest BCUT2D eigenvalue weighted by molar-refractivity contribution is -0.0711. The van der Waals surface area contributed by atoms with Crippen LogP contribution in [-0.2, 0) is 0 Å². The second-order valence-electron chi connectivity index (χ2n) is 3.72. The molecule has 6 heteroatoms. The highest BCUT2D eigenvalue weighted by Gasteiger charge is 2.37. The van der Waals surface area contributed by atoms with Gasteiger partial charge in [0.25, 0.3) is 5.92 Å². The lowest BCUT2D eigenvalue weighted by Gasteiger charge is -2.21. The van der Waals surface area contributed by atoms with Gasteiger partial charge in [-0.1, -0.05) is 6.07 Å². The second-order valence-corrected chi connectivity index (χ2v) is 3.72. The largest absolute Gasteiger partial charge is 0.390 e. The summed E-state index contributed by atoms with van der Waals surface area (Å²) in [7, 11) is 0. The molecule has 0 saturated heterocycles. The van der Waals surface area contributed by atoms with Crippen LogP contribution >= 0.6 is 12.4 Å². The fourth-order valence-electron chi connectivity index (χ4n) is 1.61. The Labute approximate surface area is 103 Å². The maximum absolute atomic E-state index is 13.2. The second kappa shape index (κ2) is 5.00. The molecule has 0 bridgehead atoms. The van der Waals surface area contributed by atoms with Crippen LogP contribution in [-0.4, -0.2) is 22.6 Å². The Morgan fingerprint density at radius 1 is 1.35 bits per heavy atom. The summed E-state index contributed by atoms with van der Waals surface area (Å²) < 4.78 is 26.4. The Morgan fingerprint density at radius 2 is 2.06 bits per heavy atom. The van der Waals surface area contributed by atoms with Crippen LogP contribution in [0, 0.1) is 0 Å². The van der Waals surface area contributed by atoms with Gasteiger partial charge in [-0.15, -0.1) is 12.4 Å². The van der Waals surface area contributed by atoms with Gasteiger partial charge in [-0.2, -0.15) is 0 Å². The zero-order valence-electron chi connectivity index (χ0n) is 8.86. The van der Waals surface area contributed by atoms with E-state index >= 15 is 0 Å². The van der Waals surface area contributed by atoms with E-state index in [-0.39, 0.29) is 12.4 Å². The highest BCUT2D eigenvalue weighted by Crippen LogP contribution is 2.30. The molecule has 0 aliphatic heterocycles. The molecular formula is C11H13ClF2N2O. The lowest BCUT2D eigenvalue weighted by atomic mass is 10.0. The third kappa shape index (κ3) is 2.57. The summed E-state index contributed by atoms with van der Waals surface area (Å²) in [6.07, 6.45) is 1.73. The molecule has 2 aromatic rings. The van der Waals surface area contributed by atoms with Crippen molar-refractivity contribution in [3.63, 3.8) is 0 Å². The van der Waals surface area contributed by atoms with Crippen molar-refractivity contribution in [3.8, 4) is 0 Å². The first-order valence-electron chi connectivity index (χ1n) is 4.86. The first-order valence-corrected chi connectivity index (χ1v) is 4.86. The van der Waals surface area contributed by atoms with Crippen LogP contribution in [0.3, 0.4) is 0 Å². The van der Waals surface area contributed by atoms with Crippen molar-refractivity contribution in [1.29, 1.82) is 0 Å². The van der Waals surface area contributed by atoms with Crippen molar-refractivity contribution in [3.05, 3.63) is 36.0 Å². The molecule has 94 valence electrons. The number of aliphatic hydroxyl groups excluding tert-OH is 1. The molecule has 0 radical (unpaired) electrons. The molecule has 0 aliphatic carbocycles. The molecule has 1 aromatic heterocycles. The Hall–Kier alpha value is -1.17. The predicted octanol–water partition coefficient (Wildman–Crippen LogP) is 2.22. The van der Waals surface area contributed by atoms with Gasteiger partial charge in [0.15, 0.2) is 0 Å². The number of halogens is 3. The number of nitrogens with one attached hydrogen (secondary N) is 1. The van der Waals surface area contributed by atoms with E-state index in [1.165, 1.54) is 6.07 Å². The fraction of sp³-hybridized carbons (Fsp3) is 0.273. The van der Waals surface area contributed by atoms with Crippen molar-refractivity contribution in [2.24, 2.45) is 5.73 Å².